The van der Waals surface area contributed by atoms with Crippen molar-refractivity contribution in [1.29, 1.82) is 0 Å². The molecule has 1 heterocycles. The fourth-order valence-electron chi connectivity index (χ4n) is 2.25. The molecule has 1 rings (SSSR count). The second-order valence-electron chi connectivity index (χ2n) is 4.98. The van der Waals surface area contributed by atoms with Gasteiger partial charge in [-0.25, -0.2) is 0 Å². The first-order valence-corrected chi connectivity index (χ1v) is 7.10. The molecule has 18 heavy (non-hydrogen) atoms. The minimum absolute atomic E-state index is 1.10. The highest BCUT2D eigenvalue weighted by Crippen LogP contribution is 2.20. The molecule has 1 aliphatic rings. The zero-order chi connectivity index (χ0) is 13.4. The van der Waals surface area contributed by atoms with Crippen molar-refractivity contribution < 1.29 is 0 Å². The van der Waals surface area contributed by atoms with Crippen LogP contribution in [0.15, 0.2) is 47.6 Å². The Kier molecular flexibility index (Phi) is 6.74. The summed E-state index contributed by atoms with van der Waals surface area (Å²) in [5.41, 5.74) is 4.06. The van der Waals surface area contributed by atoms with E-state index in [1.54, 1.807) is 0 Å². The van der Waals surface area contributed by atoms with Crippen molar-refractivity contribution in [3.05, 3.63) is 47.6 Å². The molecule has 0 N–H and O–H groups in total. The molecule has 0 radical (unpaired) electrons. The lowest BCUT2D eigenvalue weighted by atomic mass is 9.98. The predicted molar refractivity (Wildman–Crippen MR) is 81.8 cm³/mol. The average Bonchev–Trinajstić information content (AvgIpc) is 2.42. The maximum atomic E-state index is 3.82. The third kappa shape index (κ3) is 4.66. The summed E-state index contributed by atoms with van der Waals surface area (Å²) in [5.74, 6) is 0. The van der Waals surface area contributed by atoms with Gasteiger partial charge in [-0.05, 0) is 44.4 Å². The molecule has 0 bridgehead atoms. The summed E-state index contributed by atoms with van der Waals surface area (Å²) in [6.45, 7) is 13.8. The molecular weight excluding hydrogens is 218 g/mol. The van der Waals surface area contributed by atoms with E-state index in [9.17, 15) is 0 Å². The van der Waals surface area contributed by atoms with Crippen LogP contribution in [0, 0.1) is 0 Å². The zero-order valence-corrected chi connectivity index (χ0v) is 12.2. The number of rotatable bonds is 6. The molecule has 1 aliphatic heterocycles. The molecule has 1 nitrogen and oxygen atoms in total. The van der Waals surface area contributed by atoms with E-state index in [1.807, 2.05) is 6.08 Å². The molecule has 0 saturated heterocycles. The van der Waals surface area contributed by atoms with Gasteiger partial charge in [0.05, 0.1) is 0 Å². The first-order valence-electron chi connectivity index (χ1n) is 7.10. The molecule has 0 unspecified atom stereocenters. The summed E-state index contributed by atoms with van der Waals surface area (Å²) in [4.78, 5) is 2.57. The lowest BCUT2D eigenvalue weighted by Gasteiger charge is -2.27. The third-order valence-electron chi connectivity index (χ3n) is 3.44. The van der Waals surface area contributed by atoms with Crippen LogP contribution in [-0.4, -0.2) is 24.5 Å². The Labute approximate surface area is 113 Å². The molecule has 0 spiro atoms. The van der Waals surface area contributed by atoms with Gasteiger partial charge in [0.25, 0.3) is 0 Å². The summed E-state index contributed by atoms with van der Waals surface area (Å²) >= 11 is 0. The number of nitrogens with zero attached hydrogens (tertiary/aromatic N) is 1. The van der Waals surface area contributed by atoms with Crippen LogP contribution in [0.1, 0.15) is 40.0 Å². The van der Waals surface area contributed by atoms with Crippen molar-refractivity contribution in [2.75, 3.05) is 19.6 Å². The van der Waals surface area contributed by atoms with Gasteiger partial charge in [-0.1, -0.05) is 49.8 Å². The number of hydrogen-bond acceptors (Lipinski definition) is 1. The van der Waals surface area contributed by atoms with E-state index in [0.29, 0.717) is 0 Å². The molecule has 0 aliphatic carbocycles. The van der Waals surface area contributed by atoms with Crippen molar-refractivity contribution >= 4 is 0 Å². The summed E-state index contributed by atoms with van der Waals surface area (Å²) < 4.78 is 0. The molecule has 0 saturated carbocycles. The van der Waals surface area contributed by atoms with Crippen LogP contribution in [-0.2, 0) is 0 Å². The summed E-state index contributed by atoms with van der Waals surface area (Å²) in [6.07, 6.45) is 12.5. The Morgan fingerprint density at radius 2 is 2.28 bits per heavy atom. The largest absolute Gasteiger partial charge is 0.299 e. The minimum Gasteiger partial charge on any atom is -0.299 e. The molecule has 1 heteroatoms. The fourth-order valence-corrected chi connectivity index (χ4v) is 2.25. The van der Waals surface area contributed by atoms with Gasteiger partial charge in [0.1, 0.15) is 0 Å². The van der Waals surface area contributed by atoms with Crippen molar-refractivity contribution in [2.45, 2.75) is 40.0 Å². The quantitative estimate of drug-likeness (QED) is 0.623. The van der Waals surface area contributed by atoms with E-state index in [2.05, 4.69) is 50.5 Å². The SMILES string of the molecule is C=C/C(C)=C\C(=C/C)C1=CCCN(CCCC)C1. The Balaban J connectivity index is 2.70. The normalized spacial score (nSPS) is 18.7. The first kappa shape index (κ1) is 15.0. The summed E-state index contributed by atoms with van der Waals surface area (Å²) in [5, 5.41) is 0. The van der Waals surface area contributed by atoms with Gasteiger partial charge in [-0.15, -0.1) is 0 Å². The van der Waals surface area contributed by atoms with Gasteiger partial charge in [0, 0.05) is 13.1 Å². The summed E-state index contributed by atoms with van der Waals surface area (Å²) in [7, 11) is 0. The van der Waals surface area contributed by atoms with Crippen molar-refractivity contribution in [2.24, 2.45) is 0 Å². The van der Waals surface area contributed by atoms with Gasteiger partial charge >= 0.3 is 0 Å². The van der Waals surface area contributed by atoms with Gasteiger partial charge in [0.2, 0.25) is 0 Å². The van der Waals surface area contributed by atoms with Crippen LogP contribution < -0.4 is 0 Å². The zero-order valence-electron chi connectivity index (χ0n) is 12.2. The van der Waals surface area contributed by atoms with Crippen molar-refractivity contribution in [3.8, 4) is 0 Å². The number of unbranched alkanes of at least 4 members (excludes halogenated alkanes) is 1. The Morgan fingerprint density at radius 3 is 2.89 bits per heavy atom. The molecule has 100 valence electrons. The minimum atomic E-state index is 1.10. The van der Waals surface area contributed by atoms with Crippen molar-refractivity contribution in [1.82, 2.24) is 4.90 Å². The molecule has 0 aromatic heterocycles. The van der Waals surface area contributed by atoms with Crippen LogP contribution in [0.5, 0.6) is 0 Å². The van der Waals surface area contributed by atoms with Gasteiger partial charge in [-0.3, -0.25) is 4.90 Å². The van der Waals surface area contributed by atoms with E-state index < -0.39 is 0 Å². The Bertz CT molecular complexity index is 358. The smallest absolute Gasteiger partial charge is 0.0236 e. The van der Waals surface area contributed by atoms with Crippen LogP contribution >= 0.6 is 0 Å². The lowest BCUT2D eigenvalue weighted by molar-refractivity contribution is 0.287. The maximum absolute atomic E-state index is 3.82. The first-order chi connectivity index (χ1) is 8.71. The molecule has 0 fully saturated rings. The second-order valence-corrected chi connectivity index (χ2v) is 4.98. The molecule has 0 aromatic carbocycles. The Hall–Kier alpha value is -1.08. The number of allylic oxidation sites excluding steroid dienone is 4. The fraction of sp³-hybridized carbons (Fsp3) is 0.529. The highest BCUT2D eigenvalue weighted by molar-refractivity contribution is 5.44. The second kappa shape index (κ2) is 8.10. The maximum Gasteiger partial charge on any atom is 0.0236 e. The predicted octanol–water partition coefficient (Wildman–Crippen LogP) is 4.50. The highest BCUT2D eigenvalue weighted by atomic mass is 15.1. The molecule has 0 atom stereocenters. The highest BCUT2D eigenvalue weighted by Gasteiger charge is 2.13. The molecule has 0 amide bonds. The van der Waals surface area contributed by atoms with E-state index in [4.69, 9.17) is 0 Å². The van der Waals surface area contributed by atoms with E-state index in [0.717, 1.165) is 6.54 Å². The van der Waals surface area contributed by atoms with Crippen LogP contribution in [0.2, 0.25) is 0 Å². The van der Waals surface area contributed by atoms with E-state index in [-0.39, 0.29) is 0 Å². The Morgan fingerprint density at radius 1 is 1.50 bits per heavy atom. The third-order valence-corrected chi connectivity index (χ3v) is 3.44. The van der Waals surface area contributed by atoms with Gasteiger partial charge in [-0.2, -0.15) is 0 Å². The lowest BCUT2D eigenvalue weighted by Crippen LogP contribution is -2.31. The summed E-state index contributed by atoms with van der Waals surface area (Å²) in [6, 6.07) is 0. The van der Waals surface area contributed by atoms with E-state index in [1.165, 1.54) is 49.1 Å². The van der Waals surface area contributed by atoms with Gasteiger partial charge in [0.15, 0.2) is 0 Å². The van der Waals surface area contributed by atoms with Crippen LogP contribution in [0.25, 0.3) is 0 Å². The van der Waals surface area contributed by atoms with Crippen LogP contribution in [0.3, 0.4) is 0 Å². The standard InChI is InChI=1S/C17H27N/c1-5-8-11-18-12-9-10-17(14-18)16(7-3)13-15(4)6-2/h6-7,10,13H,2,5,8-9,11-12,14H2,1,3-4H3/b15-13-,16-7+. The van der Waals surface area contributed by atoms with E-state index >= 15 is 0 Å². The number of hydrogen-bond donors (Lipinski definition) is 0. The monoisotopic (exact) mass is 245 g/mol. The van der Waals surface area contributed by atoms with Crippen LogP contribution in [0.4, 0.5) is 0 Å². The van der Waals surface area contributed by atoms with Gasteiger partial charge < -0.3 is 0 Å². The average molecular weight is 245 g/mol. The topological polar surface area (TPSA) is 3.24 Å². The molecule has 0 aromatic rings. The van der Waals surface area contributed by atoms with Crippen molar-refractivity contribution in [3.63, 3.8) is 0 Å². The molecular formula is C17H27N.